The van der Waals surface area contributed by atoms with Crippen molar-refractivity contribution in [3.8, 4) is 0 Å². The molecule has 156 valence electrons. The van der Waals surface area contributed by atoms with E-state index in [1.165, 1.54) is 11.0 Å². The summed E-state index contributed by atoms with van der Waals surface area (Å²) in [6.07, 6.45) is 0.355. The van der Waals surface area contributed by atoms with E-state index in [9.17, 15) is 18.0 Å². The molecule has 8 heteroatoms. The van der Waals surface area contributed by atoms with E-state index in [-0.39, 0.29) is 34.8 Å². The van der Waals surface area contributed by atoms with Crippen LogP contribution in [0.1, 0.15) is 28.1 Å². The van der Waals surface area contributed by atoms with Crippen LogP contribution in [0.4, 0.5) is 0 Å². The number of benzene rings is 2. The Morgan fingerprint density at radius 2 is 1.93 bits per heavy atom. The minimum atomic E-state index is -3.20. The Labute approximate surface area is 179 Å². The summed E-state index contributed by atoms with van der Waals surface area (Å²) in [4.78, 5) is 27.4. The SMILES string of the molecule is Cc1cc2oc(C(=O)N(Cc3ccccc3)[C@@H]3CCS(=O)(=O)C3)cc(=O)c2cc1Cl. The van der Waals surface area contributed by atoms with E-state index in [1.807, 2.05) is 30.3 Å². The van der Waals surface area contributed by atoms with Gasteiger partial charge >= 0.3 is 0 Å². The molecule has 1 atom stereocenters. The molecule has 0 aliphatic carbocycles. The van der Waals surface area contributed by atoms with Crippen molar-refractivity contribution < 1.29 is 17.6 Å². The Morgan fingerprint density at radius 1 is 1.20 bits per heavy atom. The number of carbonyl (C=O) groups excluding carboxylic acids is 1. The Kier molecular flexibility index (Phi) is 5.42. The minimum absolute atomic E-state index is 0.0373. The Bertz CT molecular complexity index is 1280. The van der Waals surface area contributed by atoms with Gasteiger partial charge in [-0.15, -0.1) is 0 Å². The van der Waals surface area contributed by atoms with Crippen LogP contribution in [0.15, 0.2) is 57.7 Å². The van der Waals surface area contributed by atoms with Gasteiger partial charge in [-0.2, -0.15) is 0 Å². The standard InChI is InChI=1S/C22H20ClNO5S/c1-14-9-20-17(10-18(14)23)19(25)11-21(29-20)22(26)24(12-15-5-3-2-4-6-15)16-7-8-30(27,28)13-16/h2-6,9-11,16H,7-8,12-13H2,1H3/t16-/m1/s1. The predicted molar refractivity (Wildman–Crippen MR) is 116 cm³/mol. The van der Waals surface area contributed by atoms with E-state index in [0.29, 0.717) is 16.8 Å². The number of hydrogen-bond donors (Lipinski definition) is 0. The van der Waals surface area contributed by atoms with E-state index in [0.717, 1.165) is 17.2 Å². The molecule has 3 aromatic rings. The smallest absolute Gasteiger partial charge is 0.290 e. The highest BCUT2D eigenvalue weighted by Gasteiger charge is 2.36. The zero-order valence-corrected chi connectivity index (χ0v) is 17.9. The molecule has 0 N–H and O–H groups in total. The third-order valence-electron chi connectivity index (χ3n) is 5.32. The molecule has 6 nitrogen and oxygen atoms in total. The van der Waals surface area contributed by atoms with Crippen molar-refractivity contribution in [3.05, 3.63) is 80.7 Å². The third kappa shape index (κ3) is 4.13. The van der Waals surface area contributed by atoms with Gasteiger partial charge < -0.3 is 9.32 Å². The van der Waals surface area contributed by atoms with Gasteiger partial charge in [0, 0.05) is 23.7 Å². The molecule has 30 heavy (non-hydrogen) atoms. The molecule has 0 bridgehead atoms. The van der Waals surface area contributed by atoms with Gasteiger partial charge in [0.05, 0.1) is 16.9 Å². The number of sulfone groups is 1. The molecule has 0 saturated carbocycles. The normalized spacial score (nSPS) is 17.9. The quantitative estimate of drug-likeness (QED) is 0.612. The van der Waals surface area contributed by atoms with Crippen molar-refractivity contribution in [1.82, 2.24) is 4.90 Å². The number of amides is 1. The number of aryl methyl sites for hydroxylation is 1. The maximum Gasteiger partial charge on any atom is 0.290 e. The average Bonchev–Trinajstić information content (AvgIpc) is 3.07. The van der Waals surface area contributed by atoms with Crippen LogP contribution in [-0.4, -0.2) is 36.8 Å². The molecule has 4 rings (SSSR count). The highest BCUT2D eigenvalue weighted by Crippen LogP contribution is 2.25. The second-order valence-corrected chi connectivity index (χ2v) is 10.2. The van der Waals surface area contributed by atoms with Crippen molar-refractivity contribution in [1.29, 1.82) is 0 Å². The highest BCUT2D eigenvalue weighted by molar-refractivity contribution is 7.91. The molecule has 1 aliphatic rings. The van der Waals surface area contributed by atoms with E-state index in [4.69, 9.17) is 16.0 Å². The third-order valence-corrected chi connectivity index (χ3v) is 7.48. The van der Waals surface area contributed by atoms with E-state index in [2.05, 4.69) is 0 Å². The van der Waals surface area contributed by atoms with Gasteiger partial charge in [0.2, 0.25) is 0 Å². The van der Waals surface area contributed by atoms with E-state index < -0.39 is 21.8 Å². The van der Waals surface area contributed by atoms with Crippen molar-refractivity contribution in [2.45, 2.75) is 25.9 Å². The van der Waals surface area contributed by atoms with Crippen LogP contribution in [-0.2, 0) is 16.4 Å². The lowest BCUT2D eigenvalue weighted by molar-refractivity contribution is 0.0648. The first kappa shape index (κ1) is 20.6. The van der Waals surface area contributed by atoms with Gasteiger partial charge in [0.1, 0.15) is 5.58 Å². The molecule has 1 saturated heterocycles. The van der Waals surface area contributed by atoms with Gasteiger partial charge in [-0.1, -0.05) is 41.9 Å². The average molecular weight is 446 g/mol. The van der Waals surface area contributed by atoms with Crippen molar-refractivity contribution in [2.24, 2.45) is 0 Å². The van der Waals surface area contributed by atoms with Crippen LogP contribution in [0, 0.1) is 6.92 Å². The first-order valence-electron chi connectivity index (χ1n) is 9.53. The summed E-state index contributed by atoms with van der Waals surface area (Å²) in [5.74, 6) is -0.685. The lowest BCUT2D eigenvalue weighted by atomic mass is 10.1. The fourth-order valence-electron chi connectivity index (χ4n) is 3.69. The van der Waals surface area contributed by atoms with Crippen LogP contribution < -0.4 is 5.43 Å². The zero-order chi connectivity index (χ0) is 21.5. The molecule has 0 spiro atoms. The van der Waals surface area contributed by atoms with Gasteiger partial charge in [-0.05, 0) is 36.6 Å². The lowest BCUT2D eigenvalue weighted by Crippen LogP contribution is -2.40. The van der Waals surface area contributed by atoms with Gasteiger partial charge in [-0.3, -0.25) is 9.59 Å². The van der Waals surface area contributed by atoms with Crippen molar-refractivity contribution in [2.75, 3.05) is 11.5 Å². The summed E-state index contributed by atoms with van der Waals surface area (Å²) in [5.41, 5.74) is 1.48. The zero-order valence-electron chi connectivity index (χ0n) is 16.3. The topological polar surface area (TPSA) is 84.7 Å². The first-order valence-corrected chi connectivity index (χ1v) is 11.7. The Hall–Kier alpha value is -2.64. The largest absolute Gasteiger partial charge is 0.451 e. The number of hydrogen-bond acceptors (Lipinski definition) is 5. The van der Waals surface area contributed by atoms with Crippen LogP contribution in [0.25, 0.3) is 11.0 Å². The molecule has 1 aromatic heterocycles. The van der Waals surface area contributed by atoms with Gasteiger partial charge in [0.15, 0.2) is 21.0 Å². The Balaban J connectivity index is 1.76. The van der Waals surface area contributed by atoms with Gasteiger partial charge in [0.25, 0.3) is 5.91 Å². The van der Waals surface area contributed by atoms with Crippen LogP contribution in [0.5, 0.6) is 0 Å². The summed E-state index contributed by atoms with van der Waals surface area (Å²) in [7, 11) is -3.20. The first-order chi connectivity index (χ1) is 14.2. The fraction of sp³-hybridized carbons (Fsp3) is 0.273. The second-order valence-electron chi connectivity index (χ2n) is 7.55. The van der Waals surface area contributed by atoms with Crippen LogP contribution >= 0.6 is 11.6 Å². The lowest BCUT2D eigenvalue weighted by Gasteiger charge is -2.28. The molecular weight excluding hydrogens is 426 g/mol. The monoisotopic (exact) mass is 445 g/mol. The summed E-state index contributed by atoms with van der Waals surface area (Å²) >= 11 is 6.10. The van der Waals surface area contributed by atoms with Gasteiger partial charge in [-0.25, -0.2) is 8.42 Å². The second kappa shape index (κ2) is 7.89. The molecule has 2 heterocycles. The molecule has 2 aromatic carbocycles. The number of halogens is 1. The molecular formula is C22H20ClNO5S. The fourth-order valence-corrected chi connectivity index (χ4v) is 5.59. The molecule has 1 aliphatic heterocycles. The van der Waals surface area contributed by atoms with Crippen LogP contribution in [0.2, 0.25) is 5.02 Å². The number of fused-ring (bicyclic) bond motifs is 1. The summed E-state index contributed by atoms with van der Waals surface area (Å²) < 4.78 is 29.8. The van der Waals surface area contributed by atoms with E-state index in [1.54, 1.807) is 13.0 Å². The molecule has 1 fully saturated rings. The predicted octanol–water partition coefficient (Wildman–Crippen LogP) is 3.58. The summed E-state index contributed by atoms with van der Waals surface area (Å²) in [6, 6.07) is 13.1. The van der Waals surface area contributed by atoms with E-state index >= 15 is 0 Å². The summed E-state index contributed by atoms with van der Waals surface area (Å²) in [6.45, 7) is 2.00. The van der Waals surface area contributed by atoms with Crippen molar-refractivity contribution in [3.63, 3.8) is 0 Å². The number of rotatable bonds is 4. The maximum absolute atomic E-state index is 13.4. The molecule has 0 radical (unpaired) electrons. The molecule has 0 unspecified atom stereocenters. The Morgan fingerprint density at radius 3 is 2.60 bits per heavy atom. The highest BCUT2D eigenvalue weighted by atomic mass is 35.5. The van der Waals surface area contributed by atoms with Crippen molar-refractivity contribution >= 4 is 38.3 Å². The van der Waals surface area contributed by atoms with Crippen LogP contribution in [0.3, 0.4) is 0 Å². The maximum atomic E-state index is 13.4. The summed E-state index contributed by atoms with van der Waals surface area (Å²) in [5, 5.41) is 0.732. The molecule has 1 amide bonds. The number of nitrogens with zero attached hydrogens (tertiary/aromatic N) is 1. The minimum Gasteiger partial charge on any atom is -0.451 e. The number of carbonyl (C=O) groups is 1.